The van der Waals surface area contributed by atoms with Crippen molar-refractivity contribution in [3.8, 4) is 5.75 Å². The van der Waals surface area contributed by atoms with Crippen LogP contribution in [0.5, 0.6) is 5.75 Å². The summed E-state index contributed by atoms with van der Waals surface area (Å²) < 4.78 is 5.11. The number of aryl methyl sites for hydroxylation is 1. The van der Waals surface area contributed by atoms with Crippen LogP contribution in [-0.4, -0.2) is 50.4 Å². The summed E-state index contributed by atoms with van der Waals surface area (Å²) >= 11 is 0.975. The zero-order valence-electron chi connectivity index (χ0n) is 15.0. The van der Waals surface area contributed by atoms with Gasteiger partial charge in [0, 0.05) is 5.69 Å². The standard InChI is InChI=1S/C17H17N5O5S/c1-9-14(19-8-18-9)15(25)20-21-17-22(10-3-5-11(27-2)6-4-10)16(26)12(28-17)7-13(23)24/h3-6,8,12H,7H2,1-2H3,(H,18,19)(H,20,25)(H,23,24)/b21-17-. The molecule has 28 heavy (non-hydrogen) atoms. The molecule has 3 N–H and O–H groups in total. The summed E-state index contributed by atoms with van der Waals surface area (Å²) in [6.07, 6.45) is 1.03. The number of methoxy groups -OCH3 is 1. The normalized spacial score (nSPS) is 17.8. The van der Waals surface area contributed by atoms with Gasteiger partial charge in [-0.05, 0) is 31.2 Å². The number of amides is 2. The van der Waals surface area contributed by atoms with Crippen molar-refractivity contribution >= 4 is 40.4 Å². The molecule has 1 unspecified atom stereocenters. The molecule has 146 valence electrons. The number of hydrazone groups is 1. The van der Waals surface area contributed by atoms with Gasteiger partial charge in [-0.25, -0.2) is 10.4 Å². The number of hydrogen-bond acceptors (Lipinski definition) is 7. The summed E-state index contributed by atoms with van der Waals surface area (Å²) in [6, 6.07) is 6.63. The van der Waals surface area contributed by atoms with E-state index < -0.39 is 23.0 Å². The number of benzene rings is 1. The van der Waals surface area contributed by atoms with Crippen LogP contribution in [0, 0.1) is 6.92 Å². The quantitative estimate of drug-likeness (QED) is 0.619. The Labute approximate surface area is 164 Å². The molecule has 2 heterocycles. The van der Waals surface area contributed by atoms with Crippen molar-refractivity contribution in [2.24, 2.45) is 5.10 Å². The maximum absolute atomic E-state index is 12.7. The number of amidine groups is 1. The van der Waals surface area contributed by atoms with Crippen molar-refractivity contribution in [2.45, 2.75) is 18.6 Å². The van der Waals surface area contributed by atoms with E-state index in [1.165, 1.54) is 18.3 Å². The summed E-state index contributed by atoms with van der Waals surface area (Å²) in [4.78, 5) is 44.0. The SMILES string of the molecule is COc1ccc(N2C(=O)C(CC(=O)O)S/C2=N\NC(=O)c2nc[nH]c2C)cc1. The van der Waals surface area contributed by atoms with Crippen LogP contribution in [0.4, 0.5) is 5.69 Å². The second-order valence-electron chi connectivity index (χ2n) is 5.79. The number of imidazole rings is 1. The molecule has 0 aliphatic carbocycles. The monoisotopic (exact) mass is 403 g/mol. The molecular weight excluding hydrogens is 386 g/mol. The minimum absolute atomic E-state index is 0.169. The number of nitrogens with zero attached hydrogens (tertiary/aromatic N) is 3. The number of carbonyl (C=O) groups is 3. The molecule has 1 aromatic heterocycles. The van der Waals surface area contributed by atoms with Crippen LogP contribution in [0.15, 0.2) is 35.7 Å². The number of aliphatic carboxylic acids is 1. The number of carboxylic acids is 1. The summed E-state index contributed by atoms with van der Waals surface area (Å²) in [6.45, 7) is 1.69. The molecule has 2 aromatic rings. The van der Waals surface area contributed by atoms with Crippen molar-refractivity contribution in [1.82, 2.24) is 15.4 Å². The van der Waals surface area contributed by atoms with Crippen molar-refractivity contribution in [1.29, 1.82) is 0 Å². The predicted octanol–water partition coefficient (Wildman–Crippen LogP) is 1.35. The first-order valence-electron chi connectivity index (χ1n) is 8.15. The Hall–Kier alpha value is -3.34. The fourth-order valence-corrected chi connectivity index (χ4v) is 3.63. The van der Waals surface area contributed by atoms with Gasteiger partial charge in [0.15, 0.2) is 10.9 Å². The Morgan fingerprint density at radius 2 is 2.11 bits per heavy atom. The Balaban J connectivity index is 1.88. The average Bonchev–Trinajstić information content (AvgIpc) is 3.23. The zero-order valence-corrected chi connectivity index (χ0v) is 15.8. The number of hydrogen-bond donors (Lipinski definition) is 3. The Kier molecular flexibility index (Phi) is 5.64. The Bertz CT molecular complexity index is 940. The second-order valence-corrected chi connectivity index (χ2v) is 6.96. The van der Waals surface area contributed by atoms with E-state index in [-0.39, 0.29) is 17.3 Å². The van der Waals surface area contributed by atoms with Crippen molar-refractivity contribution < 1.29 is 24.2 Å². The average molecular weight is 403 g/mol. The number of ether oxygens (including phenoxy) is 1. The van der Waals surface area contributed by atoms with E-state index in [0.29, 0.717) is 17.1 Å². The summed E-state index contributed by atoms with van der Waals surface area (Å²) in [5.74, 6) is -1.47. The molecule has 0 bridgehead atoms. The van der Waals surface area contributed by atoms with E-state index in [9.17, 15) is 14.4 Å². The first kappa shape index (κ1) is 19.4. The number of aromatic nitrogens is 2. The molecule has 1 aromatic carbocycles. The van der Waals surface area contributed by atoms with Crippen LogP contribution in [0.1, 0.15) is 22.6 Å². The molecule has 1 saturated heterocycles. The summed E-state index contributed by atoms with van der Waals surface area (Å²) in [7, 11) is 1.52. The van der Waals surface area contributed by atoms with Crippen molar-refractivity contribution in [3.63, 3.8) is 0 Å². The lowest BCUT2D eigenvalue weighted by Gasteiger charge is -2.16. The number of H-pyrrole nitrogens is 1. The van der Waals surface area contributed by atoms with Gasteiger partial charge in [-0.3, -0.25) is 19.3 Å². The lowest BCUT2D eigenvalue weighted by molar-refractivity contribution is -0.138. The highest BCUT2D eigenvalue weighted by molar-refractivity contribution is 8.16. The second kappa shape index (κ2) is 8.13. The van der Waals surface area contributed by atoms with Crippen LogP contribution in [0.25, 0.3) is 0 Å². The van der Waals surface area contributed by atoms with E-state index in [1.54, 1.807) is 31.2 Å². The number of aromatic amines is 1. The van der Waals surface area contributed by atoms with Gasteiger partial charge < -0.3 is 14.8 Å². The van der Waals surface area contributed by atoms with Gasteiger partial charge in [0.25, 0.3) is 5.91 Å². The molecule has 10 nitrogen and oxygen atoms in total. The van der Waals surface area contributed by atoms with Crippen LogP contribution in [-0.2, 0) is 9.59 Å². The largest absolute Gasteiger partial charge is 0.497 e. The van der Waals surface area contributed by atoms with Gasteiger partial charge in [-0.15, -0.1) is 5.10 Å². The maximum atomic E-state index is 12.7. The highest BCUT2D eigenvalue weighted by Gasteiger charge is 2.40. The molecular formula is C17H17N5O5S. The van der Waals surface area contributed by atoms with E-state index >= 15 is 0 Å². The lowest BCUT2D eigenvalue weighted by Crippen LogP contribution is -2.34. The van der Waals surface area contributed by atoms with Gasteiger partial charge in [-0.1, -0.05) is 11.8 Å². The van der Waals surface area contributed by atoms with Gasteiger partial charge in [0.05, 0.1) is 25.5 Å². The minimum Gasteiger partial charge on any atom is -0.497 e. The van der Waals surface area contributed by atoms with Crippen LogP contribution < -0.4 is 15.1 Å². The van der Waals surface area contributed by atoms with E-state index in [2.05, 4.69) is 20.5 Å². The van der Waals surface area contributed by atoms with Crippen LogP contribution >= 0.6 is 11.8 Å². The fourth-order valence-electron chi connectivity index (χ4n) is 2.54. The molecule has 3 rings (SSSR count). The number of carbonyl (C=O) groups excluding carboxylic acids is 2. The smallest absolute Gasteiger partial charge is 0.305 e. The van der Waals surface area contributed by atoms with E-state index in [4.69, 9.17) is 9.84 Å². The fraction of sp³-hybridized carbons (Fsp3) is 0.235. The van der Waals surface area contributed by atoms with Crippen molar-refractivity contribution in [3.05, 3.63) is 42.0 Å². The van der Waals surface area contributed by atoms with Gasteiger partial charge in [-0.2, -0.15) is 0 Å². The number of thioether (sulfide) groups is 1. The van der Waals surface area contributed by atoms with Gasteiger partial charge >= 0.3 is 5.97 Å². The number of nitrogens with one attached hydrogen (secondary N) is 2. The molecule has 2 amide bonds. The maximum Gasteiger partial charge on any atom is 0.305 e. The molecule has 11 heteroatoms. The topological polar surface area (TPSA) is 137 Å². The molecule has 1 atom stereocenters. The highest BCUT2D eigenvalue weighted by Crippen LogP contribution is 2.34. The third kappa shape index (κ3) is 3.98. The number of rotatable bonds is 6. The molecule has 1 aliphatic heterocycles. The Morgan fingerprint density at radius 1 is 1.39 bits per heavy atom. The van der Waals surface area contributed by atoms with Gasteiger partial charge in [0.1, 0.15) is 11.0 Å². The third-order valence-corrected chi connectivity index (χ3v) is 5.06. The van der Waals surface area contributed by atoms with Gasteiger partial charge in [0.2, 0.25) is 5.91 Å². The molecule has 0 saturated carbocycles. The molecule has 1 fully saturated rings. The first-order chi connectivity index (χ1) is 13.4. The minimum atomic E-state index is -1.10. The zero-order chi connectivity index (χ0) is 20.3. The summed E-state index contributed by atoms with van der Waals surface area (Å²) in [5.41, 5.74) is 3.60. The third-order valence-electron chi connectivity index (χ3n) is 3.92. The van der Waals surface area contributed by atoms with E-state index in [1.807, 2.05) is 0 Å². The van der Waals surface area contributed by atoms with Crippen LogP contribution in [0.2, 0.25) is 0 Å². The predicted molar refractivity (Wildman–Crippen MR) is 102 cm³/mol. The van der Waals surface area contributed by atoms with Crippen LogP contribution in [0.3, 0.4) is 0 Å². The Morgan fingerprint density at radius 3 is 2.68 bits per heavy atom. The first-order valence-corrected chi connectivity index (χ1v) is 9.03. The highest BCUT2D eigenvalue weighted by atomic mass is 32.2. The van der Waals surface area contributed by atoms with E-state index in [0.717, 1.165) is 11.8 Å². The lowest BCUT2D eigenvalue weighted by atomic mass is 10.2. The molecule has 0 spiro atoms. The number of carboxylic acid groups (broad SMARTS) is 1. The van der Waals surface area contributed by atoms with Crippen molar-refractivity contribution in [2.75, 3.05) is 12.0 Å². The number of anilines is 1. The molecule has 1 aliphatic rings. The summed E-state index contributed by atoms with van der Waals surface area (Å²) in [5, 5.41) is 12.4. The molecule has 0 radical (unpaired) electrons.